The monoisotopic (exact) mass is 260 g/mol. The maximum Gasteiger partial charge on any atom is 0.296 e. The predicted octanol–water partition coefficient (Wildman–Crippen LogP) is 2.72. The van der Waals surface area contributed by atoms with E-state index in [2.05, 4.69) is 5.16 Å². The van der Waals surface area contributed by atoms with E-state index >= 15 is 0 Å². The van der Waals surface area contributed by atoms with Crippen LogP contribution >= 0.6 is 0 Å². The number of nitrogens with zero attached hydrogens (tertiary/aromatic N) is 2. The molecule has 0 saturated heterocycles. The first-order valence-electron chi connectivity index (χ1n) is 6.19. The van der Waals surface area contributed by atoms with Gasteiger partial charge in [-0.25, -0.2) is 4.39 Å². The number of fused-ring (bicyclic) bond motifs is 1. The van der Waals surface area contributed by atoms with Crippen molar-refractivity contribution in [2.75, 3.05) is 11.4 Å². The Labute approximate surface area is 109 Å². The zero-order valence-electron chi connectivity index (χ0n) is 10.5. The van der Waals surface area contributed by atoms with E-state index in [-0.39, 0.29) is 17.5 Å². The molecular formula is C14H13FN2O2. The van der Waals surface area contributed by atoms with Crippen molar-refractivity contribution in [3.63, 3.8) is 0 Å². The van der Waals surface area contributed by atoms with E-state index in [0.29, 0.717) is 17.9 Å². The Morgan fingerprint density at radius 2 is 2.32 bits per heavy atom. The highest BCUT2D eigenvalue weighted by Crippen LogP contribution is 2.31. The van der Waals surface area contributed by atoms with E-state index in [0.717, 1.165) is 18.4 Å². The van der Waals surface area contributed by atoms with Gasteiger partial charge in [-0.15, -0.1) is 0 Å². The van der Waals surface area contributed by atoms with Gasteiger partial charge < -0.3 is 9.42 Å². The second kappa shape index (κ2) is 4.50. The van der Waals surface area contributed by atoms with E-state index in [1.165, 1.54) is 11.0 Å². The molecular weight excluding hydrogens is 247 g/mol. The van der Waals surface area contributed by atoms with Crippen molar-refractivity contribution in [1.29, 1.82) is 0 Å². The van der Waals surface area contributed by atoms with Crippen LogP contribution in [0.25, 0.3) is 0 Å². The number of carbonyl (C=O) groups excluding carboxylic acids is 1. The smallest absolute Gasteiger partial charge is 0.296 e. The minimum Gasteiger partial charge on any atom is -0.351 e. The van der Waals surface area contributed by atoms with Crippen LogP contribution in [0, 0.1) is 12.7 Å². The Hall–Kier alpha value is -2.17. The molecule has 0 unspecified atom stereocenters. The summed E-state index contributed by atoms with van der Waals surface area (Å²) in [6, 6.07) is 6.46. The first-order valence-corrected chi connectivity index (χ1v) is 6.19. The van der Waals surface area contributed by atoms with Crippen molar-refractivity contribution >= 4 is 11.6 Å². The van der Waals surface area contributed by atoms with E-state index in [9.17, 15) is 9.18 Å². The SMILES string of the molecule is Cc1cc(C(=O)N2CCCc3cccc(F)c32)on1. The van der Waals surface area contributed by atoms with Crippen LogP contribution in [0.5, 0.6) is 0 Å². The van der Waals surface area contributed by atoms with Crippen molar-refractivity contribution < 1.29 is 13.7 Å². The first-order chi connectivity index (χ1) is 9.16. The van der Waals surface area contributed by atoms with Gasteiger partial charge >= 0.3 is 0 Å². The number of hydrogen-bond donors (Lipinski definition) is 0. The number of hydrogen-bond acceptors (Lipinski definition) is 3. The summed E-state index contributed by atoms with van der Waals surface area (Å²) in [6.45, 7) is 2.23. The highest BCUT2D eigenvalue weighted by Gasteiger charge is 2.28. The van der Waals surface area contributed by atoms with E-state index in [4.69, 9.17) is 4.52 Å². The van der Waals surface area contributed by atoms with Crippen molar-refractivity contribution in [2.24, 2.45) is 0 Å². The van der Waals surface area contributed by atoms with Crippen LogP contribution in [0.3, 0.4) is 0 Å². The molecule has 4 nitrogen and oxygen atoms in total. The maximum absolute atomic E-state index is 14.0. The van der Waals surface area contributed by atoms with Crippen molar-refractivity contribution in [2.45, 2.75) is 19.8 Å². The lowest BCUT2D eigenvalue weighted by Crippen LogP contribution is -2.36. The molecule has 2 heterocycles. The summed E-state index contributed by atoms with van der Waals surface area (Å²) in [5.41, 5.74) is 1.86. The number of benzene rings is 1. The van der Waals surface area contributed by atoms with Crippen molar-refractivity contribution in [1.82, 2.24) is 5.16 Å². The van der Waals surface area contributed by atoms with Gasteiger partial charge in [0.05, 0.1) is 11.4 Å². The van der Waals surface area contributed by atoms with Crippen LogP contribution in [0.2, 0.25) is 0 Å². The first kappa shape index (κ1) is 11.9. The normalized spacial score (nSPS) is 14.3. The third-order valence-electron chi connectivity index (χ3n) is 3.25. The lowest BCUT2D eigenvalue weighted by atomic mass is 10.0. The molecule has 0 bridgehead atoms. The van der Waals surface area contributed by atoms with Crippen molar-refractivity contribution in [3.05, 3.63) is 47.1 Å². The second-order valence-corrected chi connectivity index (χ2v) is 4.64. The van der Waals surface area contributed by atoms with Crippen LogP contribution < -0.4 is 4.90 Å². The third-order valence-corrected chi connectivity index (χ3v) is 3.25. The molecule has 0 aliphatic carbocycles. The van der Waals surface area contributed by atoms with Crippen molar-refractivity contribution in [3.8, 4) is 0 Å². The summed E-state index contributed by atoms with van der Waals surface area (Å²) >= 11 is 0. The molecule has 19 heavy (non-hydrogen) atoms. The Balaban J connectivity index is 2.02. The standard InChI is InChI=1S/C14H13FN2O2/c1-9-8-12(19-16-9)14(18)17-7-3-5-10-4-2-6-11(15)13(10)17/h2,4,6,8H,3,5,7H2,1H3. The lowest BCUT2D eigenvalue weighted by molar-refractivity contribution is 0.0948. The number of halogens is 1. The number of rotatable bonds is 1. The van der Waals surface area contributed by atoms with Gasteiger partial charge in [0.1, 0.15) is 5.82 Å². The topological polar surface area (TPSA) is 46.3 Å². The Kier molecular flexibility index (Phi) is 2.81. The zero-order chi connectivity index (χ0) is 13.4. The number of aromatic nitrogens is 1. The number of carbonyl (C=O) groups is 1. The summed E-state index contributed by atoms with van der Waals surface area (Å²) in [7, 11) is 0. The molecule has 0 fully saturated rings. The van der Waals surface area contributed by atoms with Gasteiger partial charge in [0, 0.05) is 12.6 Å². The molecule has 5 heteroatoms. The summed E-state index contributed by atoms with van der Waals surface area (Å²) in [4.78, 5) is 13.8. The molecule has 0 spiro atoms. The fourth-order valence-electron chi connectivity index (χ4n) is 2.40. The largest absolute Gasteiger partial charge is 0.351 e. The average Bonchev–Trinajstić information content (AvgIpc) is 2.84. The number of anilines is 1. The summed E-state index contributed by atoms with van der Waals surface area (Å²) in [6.07, 6.45) is 1.60. The van der Waals surface area contributed by atoms with Crippen LogP contribution in [0.1, 0.15) is 28.2 Å². The minimum absolute atomic E-state index is 0.147. The third kappa shape index (κ3) is 2.01. The van der Waals surface area contributed by atoms with E-state index in [1.54, 1.807) is 19.1 Å². The molecule has 0 atom stereocenters. The molecule has 1 aliphatic rings. The Morgan fingerprint density at radius 1 is 1.47 bits per heavy atom. The maximum atomic E-state index is 14.0. The second-order valence-electron chi connectivity index (χ2n) is 4.64. The van der Waals surface area contributed by atoms with Crippen LogP contribution in [0.15, 0.2) is 28.8 Å². The molecule has 1 aromatic carbocycles. The lowest BCUT2D eigenvalue weighted by Gasteiger charge is -2.28. The molecule has 0 N–H and O–H groups in total. The molecule has 2 aromatic rings. The predicted molar refractivity (Wildman–Crippen MR) is 67.6 cm³/mol. The average molecular weight is 260 g/mol. The minimum atomic E-state index is -0.373. The van der Waals surface area contributed by atoms with Gasteiger partial charge in [-0.05, 0) is 31.4 Å². The number of amides is 1. The fraction of sp³-hybridized carbons (Fsp3) is 0.286. The van der Waals surface area contributed by atoms with Gasteiger partial charge in [-0.1, -0.05) is 17.3 Å². The molecule has 3 rings (SSSR count). The van der Waals surface area contributed by atoms with Crippen LogP contribution in [-0.2, 0) is 6.42 Å². The highest BCUT2D eigenvalue weighted by molar-refractivity contribution is 6.05. The molecule has 1 amide bonds. The van der Waals surface area contributed by atoms with Crippen LogP contribution in [-0.4, -0.2) is 17.6 Å². The fourth-order valence-corrected chi connectivity index (χ4v) is 2.40. The number of para-hydroxylation sites is 1. The number of aryl methyl sites for hydroxylation is 2. The van der Waals surface area contributed by atoms with E-state index < -0.39 is 0 Å². The Bertz CT molecular complexity index is 636. The van der Waals surface area contributed by atoms with Gasteiger partial charge in [-0.3, -0.25) is 4.79 Å². The summed E-state index contributed by atoms with van der Waals surface area (Å²) in [5.74, 6) is -0.568. The van der Waals surface area contributed by atoms with Gasteiger partial charge in [0.15, 0.2) is 0 Å². The molecule has 0 radical (unpaired) electrons. The van der Waals surface area contributed by atoms with Crippen LogP contribution in [0.4, 0.5) is 10.1 Å². The van der Waals surface area contributed by atoms with Gasteiger partial charge in [0.25, 0.3) is 5.91 Å². The summed E-state index contributed by atoms with van der Waals surface area (Å²) in [5, 5.41) is 3.69. The van der Waals surface area contributed by atoms with Gasteiger partial charge in [0.2, 0.25) is 5.76 Å². The Morgan fingerprint density at radius 3 is 3.05 bits per heavy atom. The van der Waals surface area contributed by atoms with E-state index in [1.807, 2.05) is 6.07 Å². The molecule has 98 valence electrons. The summed E-state index contributed by atoms with van der Waals surface area (Å²) < 4.78 is 18.9. The quantitative estimate of drug-likeness (QED) is 0.792. The zero-order valence-corrected chi connectivity index (χ0v) is 10.5. The molecule has 1 aromatic heterocycles. The molecule has 1 aliphatic heterocycles. The van der Waals surface area contributed by atoms with Gasteiger partial charge in [-0.2, -0.15) is 0 Å². The highest BCUT2D eigenvalue weighted by atomic mass is 19.1. The molecule has 0 saturated carbocycles.